The number of methoxy groups -OCH3 is 1. The third kappa shape index (κ3) is 12.4. The highest BCUT2D eigenvalue weighted by atomic mass is 16.5. The summed E-state index contributed by atoms with van der Waals surface area (Å²) in [6, 6.07) is 9.44. The first-order chi connectivity index (χ1) is 34.7. The lowest BCUT2D eigenvalue weighted by molar-refractivity contribution is -0.207. The molecule has 1 heterocycles. The number of rotatable bonds is 22. The second kappa shape index (κ2) is 25.6. The van der Waals surface area contributed by atoms with Gasteiger partial charge in [-0.2, -0.15) is 0 Å². The molecule has 0 saturated heterocycles. The number of hydrogen-bond acceptors (Lipinski definition) is 12. The molecule has 5 aliphatic carbocycles. The first kappa shape index (κ1) is 56.6. The van der Waals surface area contributed by atoms with Crippen molar-refractivity contribution in [2.45, 2.75) is 152 Å². The van der Waals surface area contributed by atoms with Crippen LogP contribution in [0.15, 0.2) is 95.2 Å². The van der Waals surface area contributed by atoms with Gasteiger partial charge >= 0.3 is 0 Å². The van der Waals surface area contributed by atoms with E-state index in [1.54, 1.807) is 7.11 Å². The smallest absolute Gasteiger partial charge is 0.146 e. The number of aliphatic hydroxyl groups excluding tert-OH is 5. The van der Waals surface area contributed by atoms with Crippen molar-refractivity contribution in [3.8, 4) is 0 Å². The van der Waals surface area contributed by atoms with Crippen molar-refractivity contribution in [2.75, 3.05) is 66.8 Å². The van der Waals surface area contributed by atoms with Crippen molar-refractivity contribution < 1.29 is 44.9 Å². The molecular weight excluding hydrogens is 907 g/mol. The Morgan fingerprint density at radius 1 is 1.10 bits per heavy atom. The molecule has 3 saturated carbocycles. The first-order valence-corrected chi connectivity index (χ1v) is 27.6. The van der Waals surface area contributed by atoms with Gasteiger partial charge in [-0.25, -0.2) is 0 Å². The SMILES string of the molecule is C=C(/C=C/C=C(/COC[C@H](O)CO)[C@@H]1CC[C@]2([C@@H]1O)[C@H]1C3=C(C=O)CCC[C@@]3(C=C[C@@H]1CCO)C[C@]2(O)CCNC)[C@H]1C/C=C(\C)CN[C@@](CCOC)([C@@H]2CCC[C@@H](NC[C@H](C)O)C2)Cc2cccc(c2)C1. The van der Waals surface area contributed by atoms with E-state index in [1.165, 1.54) is 16.7 Å². The van der Waals surface area contributed by atoms with Gasteiger partial charge in [0.25, 0.3) is 0 Å². The molecule has 1 spiro atoms. The highest BCUT2D eigenvalue weighted by Crippen LogP contribution is 2.72. The molecule has 12 nitrogen and oxygen atoms in total. The zero-order valence-electron chi connectivity index (χ0n) is 44.1. The van der Waals surface area contributed by atoms with Crippen LogP contribution in [0.3, 0.4) is 0 Å². The van der Waals surface area contributed by atoms with Crippen LogP contribution < -0.4 is 16.0 Å². The largest absolute Gasteiger partial charge is 0.396 e. The Kier molecular flexibility index (Phi) is 20.1. The summed E-state index contributed by atoms with van der Waals surface area (Å²) >= 11 is 0. The van der Waals surface area contributed by atoms with Crippen LogP contribution in [-0.2, 0) is 27.1 Å². The number of fused-ring (bicyclic) bond motifs is 3. The molecule has 72 heavy (non-hydrogen) atoms. The van der Waals surface area contributed by atoms with E-state index in [9.17, 15) is 35.4 Å². The predicted molar refractivity (Wildman–Crippen MR) is 285 cm³/mol. The third-order valence-corrected chi connectivity index (χ3v) is 18.3. The summed E-state index contributed by atoms with van der Waals surface area (Å²) < 4.78 is 11.9. The Labute approximate surface area is 431 Å². The molecule has 13 atom stereocenters. The number of carbonyl (C=O) groups excluding carboxylic acids is 1. The van der Waals surface area contributed by atoms with E-state index in [1.807, 2.05) is 26.1 Å². The molecule has 0 radical (unpaired) electrons. The Bertz CT molecular complexity index is 2130. The predicted octanol–water partition coefficient (Wildman–Crippen LogP) is 6.39. The van der Waals surface area contributed by atoms with Crippen molar-refractivity contribution in [2.24, 2.45) is 40.4 Å². The zero-order valence-corrected chi connectivity index (χ0v) is 44.1. The molecule has 1 aromatic carbocycles. The van der Waals surface area contributed by atoms with Crippen molar-refractivity contribution in [1.82, 2.24) is 16.0 Å². The van der Waals surface area contributed by atoms with Crippen LogP contribution in [0.5, 0.6) is 0 Å². The third-order valence-electron chi connectivity index (χ3n) is 18.3. The van der Waals surface area contributed by atoms with Crippen LogP contribution in [0.25, 0.3) is 0 Å². The van der Waals surface area contributed by atoms with Gasteiger partial charge in [-0.05, 0) is 175 Å². The molecule has 6 aliphatic rings. The summed E-state index contributed by atoms with van der Waals surface area (Å²) in [6.45, 7) is 10.9. The van der Waals surface area contributed by atoms with E-state index in [4.69, 9.17) is 9.47 Å². The fourth-order valence-electron chi connectivity index (χ4n) is 14.8. The van der Waals surface area contributed by atoms with Crippen LogP contribution >= 0.6 is 0 Å². The number of nitrogens with one attached hydrogen (secondary N) is 3. The zero-order chi connectivity index (χ0) is 51.5. The number of hydrogen-bond donors (Lipinski definition) is 9. The molecule has 9 N–H and O–H groups in total. The van der Waals surface area contributed by atoms with E-state index < -0.39 is 41.2 Å². The van der Waals surface area contributed by atoms with E-state index in [2.05, 4.69) is 78.0 Å². The van der Waals surface area contributed by atoms with Crippen LogP contribution in [-0.4, -0.2) is 139 Å². The summed E-state index contributed by atoms with van der Waals surface area (Å²) in [6.07, 6.45) is 24.1. The number of ether oxygens (including phenoxy) is 2. The number of allylic oxidation sites excluding steroid dienone is 9. The number of carbonyl (C=O) groups is 1. The van der Waals surface area contributed by atoms with E-state index >= 15 is 0 Å². The van der Waals surface area contributed by atoms with Gasteiger partial charge in [0.2, 0.25) is 0 Å². The quantitative estimate of drug-likeness (QED) is 0.0354. The summed E-state index contributed by atoms with van der Waals surface area (Å²) in [5.41, 5.74) is 4.57. The molecule has 4 bridgehead atoms. The van der Waals surface area contributed by atoms with Crippen molar-refractivity contribution >= 4 is 6.29 Å². The molecule has 12 heteroatoms. The lowest BCUT2D eigenvalue weighted by Crippen LogP contribution is -2.67. The topological polar surface area (TPSA) is 193 Å². The van der Waals surface area contributed by atoms with Crippen LogP contribution in [0, 0.1) is 40.4 Å². The maximum atomic E-state index is 13.4. The van der Waals surface area contributed by atoms with Crippen LogP contribution in [0.2, 0.25) is 0 Å². The summed E-state index contributed by atoms with van der Waals surface area (Å²) in [4.78, 5) is 12.9. The fraction of sp³-hybridized carbons (Fsp3) is 0.683. The van der Waals surface area contributed by atoms with Crippen molar-refractivity contribution in [3.05, 3.63) is 106 Å². The summed E-state index contributed by atoms with van der Waals surface area (Å²) in [7, 11) is 3.67. The maximum Gasteiger partial charge on any atom is 0.146 e. The van der Waals surface area contributed by atoms with E-state index in [0.717, 1.165) is 99.3 Å². The standard InChI is InChI=1S/C60H91N3O9/c1-41-17-18-47(31-44-11-7-12-45(30-44)33-58(63-34-41,26-29-71-5)50-15-8-16-51(32-50)62-35-43(3)67)42(2)10-6-13-49(38-72-39-52(68)37-66)53-20-24-60(56(53)69)55-46(21-28-64)19-23-57(40-59(60,70)25-27-61-4)22-9-14-48(36-65)54(55)57/h6-7,10-13,17,19,23,30,36,43,46-47,50-53,55-56,61-64,66-70H,2,8-9,14-16,18,20-22,24-29,31-35,37-40H2,1,3-5H3/b10-6+,41-17+,49-13-/t43-,46+,47-,50+,51+,52+,53-,55+,56+,57+,58+,59+,60+/m0/s1. The number of benzene rings is 1. The Morgan fingerprint density at radius 3 is 2.67 bits per heavy atom. The van der Waals surface area contributed by atoms with Gasteiger partial charge in [0.1, 0.15) is 12.4 Å². The highest BCUT2D eigenvalue weighted by Gasteiger charge is 2.71. The highest BCUT2D eigenvalue weighted by molar-refractivity contribution is 5.77. The van der Waals surface area contributed by atoms with E-state index in [-0.39, 0.29) is 49.2 Å². The lowest BCUT2D eigenvalue weighted by Gasteiger charge is -2.66. The molecule has 0 aromatic heterocycles. The Balaban J connectivity index is 1.18. The van der Waals surface area contributed by atoms with Crippen molar-refractivity contribution in [1.29, 1.82) is 0 Å². The van der Waals surface area contributed by atoms with Gasteiger partial charge < -0.3 is 56.1 Å². The van der Waals surface area contributed by atoms with Crippen LogP contribution in [0.1, 0.15) is 115 Å². The minimum absolute atomic E-state index is 0.0481. The Morgan fingerprint density at radius 2 is 1.92 bits per heavy atom. The van der Waals surface area contributed by atoms with Crippen molar-refractivity contribution in [3.63, 3.8) is 0 Å². The number of aldehydes is 1. The minimum Gasteiger partial charge on any atom is -0.396 e. The molecule has 400 valence electrons. The minimum atomic E-state index is -1.28. The van der Waals surface area contributed by atoms with Gasteiger partial charge in [-0.1, -0.05) is 84.9 Å². The molecule has 0 amide bonds. The molecule has 0 unspecified atom stereocenters. The van der Waals surface area contributed by atoms with E-state index in [0.29, 0.717) is 70.2 Å². The van der Waals surface area contributed by atoms with Gasteiger partial charge in [0.15, 0.2) is 0 Å². The molecule has 1 aliphatic heterocycles. The molecule has 7 rings (SSSR count). The summed E-state index contributed by atoms with van der Waals surface area (Å²) in [5.74, 6) is -0.367. The second-order valence-corrected chi connectivity index (χ2v) is 23.1. The normalized spacial score (nSPS) is 35.8. The second-order valence-electron chi connectivity index (χ2n) is 23.1. The maximum absolute atomic E-state index is 13.4. The van der Waals surface area contributed by atoms with Gasteiger partial charge in [-0.15, -0.1) is 0 Å². The Hall–Kier alpha value is -3.11. The summed E-state index contributed by atoms with van der Waals surface area (Å²) in [5, 5.41) is 78.1. The lowest BCUT2D eigenvalue weighted by atomic mass is 9.40. The average molecular weight is 998 g/mol. The van der Waals surface area contributed by atoms with Gasteiger partial charge in [0.05, 0.1) is 37.6 Å². The monoisotopic (exact) mass is 998 g/mol. The molecule has 1 aromatic rings. The van der Waals surface area contributed by atoms with Gasteiger partial charge in [-0.3, -0.25) is 4.79 Å². The fourth-order valence-corrected chi connectivity index (χ4v) is 14.8. The molecular formula is C60H91N3O9. The average Bonchev–Trinajstić information content (AvgIpc) is 3.72. The molecule has 3 fully saturated rings. The number of aliphatic hydroxyl groups is 6. The van der Waals surface area contributed by atoms with Crippen LogP contribution in [0.4, 0.5) is 0 Å². The van der Waals surface area contributed by atoms with Gasteiger partial charge in [0, 0.05) is 61.7 Å². The first-order valence-electron chi connectivity index (χ1n) is 27.6.